The van der Waals surface area contributed by atoms with Crippen molar-refractivity contribution in [2.24, 2.45) is 17.8 Å². The molecule has 2 atom stereocenters. The van der Waals surface area contributed by atoms with Crippen molar-refractivity contribution in [3.8, 4) is 0 Å². The number of carbonyl (C=O) groups excluding carboxylic acids is 1. The lowest BCUT2D eigenvalue weighted by molar-refractivity contribution is -0.148. The fraction of sp³-hybridized carbons (Fsp3) is 0.750. The minimum absolute atomic E-state index is 0.00154. The highest BCUT2D eigenvalue weighted by Crippen LogP contribution is 2.44. The quantitative estimate of drug-likeness (QED) is 0.834. The van der Waals surface area contributed by atoms with E-state index in [1.165, 1.54) is 4.90 Å². The molecule has 2 fully saturated rings. The monoisotopic (exact) mass is 387 g/mol. The van der Waals surface area contributed by atoms with E-state index >= 15 is 0 Å². The second-order valence-electron chi connectivity index (χ2n) is 7.47. The number of hydrogen-bond acceptors (Lipinski definition) is 4. The summed E-state index contributed by atoms with van der Waals surface area (Å²) in [4.78, 5) is 27.2. The first kappa shape index (κ1) is 18.1. The van der Waals surface area contributed by atoms with Crippen LogP contribution in [-0.2, 0) is 24.1 Å². The van der Waals surface area contributed by atoms with Gasteiger partial charge in [-0.05, 0) is 31.1 Å². The minimum atomic E-state index is -4.57. The third-order valence-corrected chi connectivity index (χ3v) is 5.79. The molecule has 1 saturated heterocycles. The van der Waals surface area contributed by atoms with Gasteiger partial charge < -0.3 is 19.5 Å². The maximum absolute atomic E-state index is 13.1. The van der Waals surface area contributed by atoms with Crippen LogP contribution in [0.3, 0.4) is 0 Å². The molecule has 3 aliphatic rings. The summed E-state index contributed by atoms with van der Waals surface area (Å²) in [6.45, 7) is 0.822. The number of carboxylic acid groups (broad SMARTS) is 1. The van der Waals surface area contributed by atoms with Crippen molar-refractivity contribution in [2.75, 3.05) is 19.6 Å². The van der Waals surface area contributed by atoms with Crippen molar-refractivity contribution in [3.05, 3.63) is 11.6 Å². The van der Waals surface area contributed by atoms with Crippen molar-refractivity contribution in [1.82, 2.24) is 24.6 Å². The molecule has 1 N–H and O–H groups in total. The van der Waals surface area contributed by atoms with Crippen molar-refractivity contribution in [3.63, 3.8) is 0 Å². The molecular formula is C16H20F3N5O3. The molecule has 0 aromatic carbocycles. The van der Waals surface area contributed by atoms with Crippen LogP contribution in [0.2, 0.25) is 0 Å². The summed E-state index contributed by atoms with van der Waals surface area (Å²) < 4.78 is 39.9. The highest BCUT2D eigenvalue weighted by atomic mass is 19.4. The van der Waals surface area contributed by atoms with Crippen LogP contribution < -0.4 is 0 Å². The Bertz CT molecular complexity index is 761. The van der Waals surface area contributed by atoms with Gasteiger partial charge in [0.25, 0.3) is 0 Å². The van der Waals surface area contributed by atoms with Gasteiger partial charge in [0.15, 0.2) is 5.82 Å². The van der Waals surface area contributed by atoms with Crippen LogP contribution in [0.1, 0.15) is 30.9 Å². The maximum Gasteiger partial charge on any atom is 0.451 e. The number of likely N-dealkylation sites (tertiary alicyclic amines) is 1. The number of rotatable bonds is 2. The van der Waals surface area contributed by atoms with E-state index in [0.717, 1.165) is 17.4 Å². The van der Waals surface area contributed by atoms with Crippen LogP contribution >= 0.6 is 0 Å². The Hall–Kier alpha value is -2.33. The molecule has 1 aliphatic carbocycles. The zero-order valence-electron chi connectivity index (χ0n) is 14.5. The fourth-order valence-corrected chi connectivity index (χ4v) is 4.25. The van der Waals surface area contributed by atoms with Gasteiger partial charge in [0, 0.05) is 32.1 Å². The molecule has 148 valence electrons. The highest BCUT2D eigenvalue weighted by Gasteiger charge is 2.46. The summed E-state index contributed by atoms with van der Waals surface area (Å²) in [7, 11) is 0. The van der Waals surface area contributed by atoms with E-state index in [1.807, 2.05) is 0 Å². The van der Waals surface area contributed by atoms with Gasteiger partial charge in [0.2, 0.25) is 11.7 Å². The smallest absolute Gasteiger partial charge is 0.451 e. The van der Waals surface area contributed by atoms with E-state index in [-0.39, 0.29) is 43.2 Å². The van der Waals surface area contributed by atoms with Gasteiger partial charge in [-0.1, -0.05) is 0 Å². The molecule has 8 nitrogen and oxygen atoms in total. The normalized spacial score (nSPS) is 26.0. The number of amides is 2. The summed E-state index contributed by atoms with van der Waals surface area (Å²) in [5.41, 5.74) is 0. The second kappa shape index (κ2) is 6.38. The molecule has 1 saturated carbocycles. The van der Waals surface area contributed by atoms with Crippen molar-refractivity contribution in [2.45, 2.75) is 38.5 Å². The van der Waals surface area contributed by atoms with Crippen LogP contribution in [0.4, 0.5) is 18.0 Å². The highest BCUT2D eigenvalue weighted by molar-refractivity contribution is 5.80. The summed E-state index contributed by atoms with van der Waals surface area (Å²) in [6.07, 6.45) is -3.12. The van der Waals surface area contributed by atoms with E-state index in [4.69, 9.17) is 0 Å². The molecule has 11 heteroatoms. The molecule has 2 amide bonds. The van der Waals surface area contributed by atoms with E-state index in [1.54, 1.807) is 4.90 Å². The maximum atomic E-state index is 13.1. The van der Waals surface area contributed by atoms with Crippen molar-refractivity contribution < 1.29 is 27.9 Å². The van der Waals surface area contributed by atoms with Gasteiger partial charge >= 0.3 is 12.3 Å². The number of hydrogen-bond donors (Lipinski definition) is 1. The van der Waals surface area contributed by atoms with Gasteiger partial charge in [0.1, 0.15) is 0 Å². The second-order valence-corrected chi connectivity index (χ2v) is 7.47. The number of alkyl halides is 3. The molecule has 1 aromatic heterocycles. The summed E-state index contributed by atoms with van der Waals surface area (Å²) >= 11 is 0. The first-order valence-electron chi connectivity index (χ1n) is 9.01. The fourth-order valence-electron chi connectivity index (χ4n) is 4.25. The molecular weight excluding hydrogens is 367 g/mol. The zero-order valence-corrected chi connectivity index (χ0v) is 14.5. The summed E-state index contributed by atoms with van der Waals surface area (Å²) in [6, 6.07) is 0. The number of fused-ring (bicyclic) bond motifs is 1. The molecule has 0 unspecified atom stereocenters. The van der Waals surface area contributed by atoms with E-state index < -0.39 is 18.1 Å². The molecule has 2 aliphatic heterocycles. The number of aromatic nitrogens is 3. The van der Waals surface area contributed by atoms with Crippen LogP contribution in [-0.4, -0.2) is 61.3 Å². The van der Waals surface area contributed by atoms with Crippen LogP contribution in [0.5, 0.6) is 0 Å². The lowest BCUT2D eigenvalue weighted by Crippen LogP contribution is -2.51. The third-order valence-electron chi connectivity index (χ3n) is 5.79. The van der Waals surface area contributed by atoms with Crippen molar-refractivity contribution >= 4 is 12.0 Å². The Morgan fingerprint density at radius 1 is 1.04 bits per heavy atom. The number of nitrogens with zero attached hydrogens (tertiary/aromatic N) is 5. The average molecular weight is 387 g/mol. The standard InChI is InChI=1S/C16H20F3N5O3/c17-16(18,19)14-21-20-12-8-22(5-6-24(12)14)13(25)10-3-4-23(15(26)27)7-11(10)9-1-2-9/h9-11H,1-8H2,(H,26,27)/t10-,11-/m0/s1. The number of piperidine rings is 1. The Morgan fingerprint density at radius 3 is 2.41 bits per heavy atom. The lowest BCUT2D eigenvalue weighted by atomic mass is 9.81. The van der Waals surface area contributed by atoms with Gasteiger partial charge in [-0.2, -0.15) is 13.2 Å². The third kappa shape index (κ3) is 3.34. The number of carbonyl (C=O) groups is 2. The molecule has 0 spiro atoms. The van der Waals surface area contributed by atoms with E-state index in [0.29, 0.717) is 25.4 Å². The molecule has 4 rings (SSSR count). The molecule has 1 aromatic rings. The van der Waals surface area contributed by atoms with Crippen LogP contribution in [0.25, 0.3) is 0 Å². The Kier molecular flexibility index (Phi) is 4.26. The predicted octanol–water partition coefficient (Wildman–Crippen LogP) is 1.67. The van der Waals surface area contributed by atoms with Gasteiger partial charge in [-0.15, -0.1) is 10.2 Å². The van der Waals surface area contributed by atoms with E-state index in [9.17, 15) is 27.9 Å². The number of halogens is 3. The lowest BCUT2D eigenvalue weighted by Gasteiger charge is -2.39. The summed E-state index contributed by atoms with van der Waals surface area (Å²) in [5, 5.41) is 16.1. The first-order valence-corrected chi connectivity index (χ1v) is 9.01. The molecule has 27 heavy (non-hydrogen) atoms. The van der Waals surface area contributed by atoms with Crippen LogP contribution in [0, 0.1) is 17.8 Å². The van der Waals surface area contributed by atoms with Crippen molar-refractivity contribution in [1.29, 1.82) is 0 Å². The predicted molar refractivity (Wildman–Crippen MR) is 84.4 cm³/mol. The molecule has 3 heterocycles. The van der Waals surface area contributed by atoms with Gasteiger partial charge in [-0.25, -0.2) is 4.79 Å². The topological polar surface area (TPSA) is 91.6 Å². The average Bonchev–Trinajstić information content (AvgIpc) is 3.37. The Balaban J connectivity index is 1.48. The van der Waals surface area contributed by atoms with Crippen LogP contribution in [0.15, 0.2) is 0 Å². The van der Waals surface area contributed by atoms with Gasteiger partial charge in [0.05, 0.1) is 6.54 Å². The molecule has 0 radical (unpaired) electrons. The Morgan fingerprint density at radius 2 is 1.78 bits per heavy atom. The first-order chi connectivity index (χ1) is 12.8. The van der Waals surface area contributed by atoms with Gasteiger partial charge in [-0.3, -0.25) is 4.79 Å². The largest absolute Gasteiger partial charge is 0.465 e. The van der Waals surface area contributed by atoms with E-state index in [2.05, 4.69) is 10.2 Å². The SMILES string of the molecule is O=C(O)N1CC[C@H](C(=O)N2CCn3c(nnc3C(F)(F)F)C2)[C@H](C2CC2)C1. The Labute approximate surface area is 152 Å². The summed E-state index contributed by atoms with van der Waals surface area (Å²) in [5.74, 6) is -0.966. The molecule has 0 bridgehead atoms. The zero-order chi connectivity index (χ0) is 19.3. The minimum Gasteiger partial charge on any atom is -0.465 e.